The minimum Gasteiger partial charge on any atom is -0.375 e. The molecule has 1 saturated heterocycles. The van der Waals surface area contributed by atoms with Crippen LogP contribution in [0, 0.1) is 20.8 Å². The Kier molecular flexibility index (Phi) is 5.67. The van der Waals surface area contributed by atoms with Gasteiger partial charge in [0.25, 0.3) is 0 Å². The third kappa shape index (κ3) is 3.87. The van der Waals surface area contributed by atoms with Crippen LogP contribution < -0.4 is 4.90 Å². The van der Waals surface area contributed by atoms with E-state index < -0.39 is 0 Å². The fraction of sp³-hybridized carbons (Fsp3) is 0.455. The number of carbonyl (C=O) groups excluding carboxylic acids is 1. The summed E-state index contributed by atoms with van der Waals surface area (Å²) in [5.74, 6) is 1.63. The summed E-state index contributed by atoms with van der Waals surface area (Å²) in [7, 11) is 1.55. The van der Waals surface area contributed by atoms with Crippen molar-refractivity contribution >= 4 is 22.8 Å². The van der Waals surface area contributed by atoms with Gasteiger partial charge in [0, 0.05) is 33.3 Å². The molecular weight excluding hydrogens is 380 g/mol. The molecule has 1 aliphatic rings. The number of benzene rings is 1. The SMILES string of the molecule is COCC(=O)N1CCCN(c2nc(C)nc3c2cnn3-c2ccc(C)cc2C)CC1. The Morgan fingerprint density at radius 3 is 2.70 bits per heavy atom. The number of hydrogen-bond acceptors (Lipinski definition) is 6. The first kappa shape index (κ1) is 20.3. The first-order chi connectivity index (χ1) is 14.5. The summed E-state index contributed by atoms with van der Waals surface area (Å²) >= 11 is 0. The second kappa shape index (κ2) is 8.39. The maximum absolute atomic E-state index is 12.2. The fourth-order valence-corrected chi connectivity index (χ4v) is 4.05. The van der Waals surface area contributed by atoms with E-state index >= 15 is 0 Å². The first-order valence-corrected chi connectivity index (χ1v) is 10.3. The van der Waals surface area contributed by atoms with Crippen molar-refractivity contribution in [1.29, 1.82) is 0 Å². The number of carbonyl (C=O) groups is 1. The van der Waals surface area contributed by atoms with E-state index in [9.17, 15) is 4.79 Å². The number of amides is 1. The Hall–Kier alpha value is -3.00. The highest BCUT2D eigenvalue weighted by Gasteiger charge is 2.23. The van der Waals surface area contributed by atoms with Gasteiger partial charge in [0.1, 0.15) is 18.2 Å². The van der Waals surface area contributed by atoms with Crippen molar-refractivity contribution in [3.8, 4) is 5.69 Å². The molecule has 3 heterocycles. The molecular formula is C22H28N6O2. The molecule has 0 bridgehead atoms. The molecule has 30 heavy (non-hydrogen) atoms. The standard InChI is InChI=1S/C22H28N6O2/c1-15-6-7-19(16(2)12-15)28-22-18(13-23-28)21(24-17(3)25-22)27-9-5-8-26(10-11-27)20(29)14-30-4/h6-7,12-13H,5,8-11,14H2,1-4H3. The molecule has 1 aromatic carbocycles. The van der Waals surface area contributed by atoms with Crippen molar-refractivity contribution < 1.29 is 9.53 Å². The number of ether oxygens (including phenoxy) is 1. The van der Waals surface area contributed by atoms with Crippen LogP contribution in [0.15, 0.2) is 24.4 Å². The maximum atomic E-state index is 12.2. The predicted octanol–water partition coefficient (Wildman–Crippen LogP) is 2.43. The molecule has 0 saturated carbocycles. The Morgan fingerprint density at radius 1 is 1.10 bits per heavy atom. The zero-order valence-corrected chi connectivity index (χ0v) is 18.1. The summed E-state index contributed by atoms with van der Waals surface area (Å²) < 4.78 is 6.91. The first-order valence-electron chi connectivity index (χ1n) is 10.3. The molecule has 1 fully saturated rings. The topological polar surface area (TPSA) is 76.4 Å². The van der Waals surface area contributed by atoms with Crippen LogP contribution in [-0.4, -0.2) is 70.5 Å². The Balaban J connectivity index is 1.69. The summed E-state index contributed by atoms with van der Waals surface area (Å²) in [5, 5.41) is 5.58. The summed E-state index contributed by atoms with van der Waals surface area (Å²) in [6.07, 6.45) is 2.73. The summed E-state index contributed by atoms with van der Waals surface area (Å²) in [4.78, 5) is 25.8. The van der Waals surface area contributed by atoms with Gasteiger partial charge in [-0.15, -0.1) is 0 Å². The normalized spacial score (nSPS) is 14.9. The molecule has 0 aliphatic carbocycles. The number of aryl methyl sites for hydroxylation is 3. The zero-order chi connectivity index (χ0) is 21.3. The van der Waals surface area contributed by atoms with Crippen molar-refractivity contribution in [1.82, 2.24) is 24.6 Å². The Morgan fingerprint density at radius 2 is 1.93 bits per heavy atom. The second-order valence-electron chi connectivity index (χ2n) is 7.83. The predicted molar refractivity (Wildman–Crippen MR) is 116 cm³/mol. The van der Waals surface area contributed by atoms with Crippen LogP contribution in [-0.2, 0) is 9.53 Å². The van der Waals surface area contributed by atoms with Crippen molar-refractivity contribution in [2.75, 3.05) is 44.8 Å². The van der Waals surface area contributed by atoms with Gasteiger partial charge < -0.3 is 14.5 Å². The van der Waals surface area contributed by atoms with Crippen LogP contribution in [0.3, 0.4) is 0 Å². The van der Waals surface area contributed by atoms with Crippen LogP contribution in [0.2, 0.25) is 0 Å². The number of aromatic nitrogens is 4. The molecule has 0 N–H and O–H groups in total. The van der Waals surface area contributed by atoms with Crippen molar-refractivity contribution in [2.45, 2.75) is 27.2 Å². The van der Waals surface area contributed by atoms with Crippen LogP contribution in [0.25, 0.3) is 16.7 Å². The van der Waals surface area contributed by atoms with E-state index in [1.807, 2.05) is 22.7 Å². The molecule has 8 heteroatoms. The number of rotatable bonds is 4. The highest BCUT2D eigenvalue weighted by atomic mass is 16.5. The van der Waals surface area contributed by atoms with E-state index in [1.165, 1.54) is 5.56 Å². The summed E-state index contributed by atoms with van der Waals surface area (Å²) in [5.41, 5.74) is 4.20. The minimum absolute atomic E-state index is 0.0334. The van der Waals surface area contributed by atoms with E-state index in [0.29, 0.717) is 12.4 Å². The van der Waals surface area contributed by atoms with Gasteiger partial charge in [-0.2, -0.15) is 5.10 Å². The number of methoxy groups -OCH3 is 1. The maximum Gasteiger partial charge on any atom is 0.248 e. The van der Waals surface area contributed by atoms with Gasteiger partial charge >= 0.3 is 0 Å². The number of hydrogen-bond donors (Lipinski definition) is 0. The molecule has 8 nitrogen and oxygen atoms in total. The monoisotopic (exact) mass is 408 g/mol. The van der Waals surface area contributed by atoms with Gasteiger partial charge in [0.05, 0.1) is 17.3 Å². The van der Waals surface area contributed by atoms with Crippen LogP contribution in [0.5, 0.6) is 0 Å². The van der Waals surface area contributed by atoms with Gasteiger partial charge in [0.15, 0.2) is 5.65 Å². The fourth-order valence-electron chi connectivity index (χ4n) is 4.05. The number of nitrogens with zero attached hydrogens (tertiary/aromatic N) is 6. The third-order valence-corrected chi connectivity index (χ3v) is 5.52. The lowest BCUT2D eigenvalue weighted by atomic mass is 10.1. The lowest BCUT2D eigenvalue weighted by Gasteiger charge is -2.23. The lowest BCUT2D eigenvalue weighted by molar-refractivity contribution is -0.134. The van der Waals surface area contributed by atoms with Crippen LogP contribution in [0.1, 0.15) is 23.4 Å². The van der Waals surface area contributed by atoms with Crippen molar-refractivity contribution in [3.63, 3.8) is 0 Å². The van der Waals surface area contributed by atoms with E-state index in [-0.39, 0.29) is 12.5 Å². The summed E-state index contributed by atoms with van der Waals surface area (Å²) in [6.45, 7) is 9.14. The quantitative estimate of drug-likeness (QED) is 0.660. The molecule has 2 aromatic heterocycles. The Labute approximate surface area is 176 Å². The highest BCUT2D eigenvalue weighted by molar-refractivity contribution is 5.88. The largest absolute Gasteiger partial charge is 0.375 e. The highest BCUT2D eigenvalue weighted by Crippen LogP contribution is 2.27. The van der Waals surface area contributed by atoms with Gasteiger partial charge in [0.2, 0.25) is 5.91 Å². The van der Waals surface area contributed by atoms with E-state index in [2.05, 4.69) is 42.0 Å². The molecule has 158 valence electrons. The van der Waals surface area contributed by atoms with Crippen LogP contribution in [0.4, 0.5) is 5.82 Å². The smallest absolute Gasteiger partial charge is 0.248 e. The average molecular weight is 409 g/mol. The molecule has 0 radical (unpaired) electrons. The second-order valence-corrected chi connectivity index (χ2v) is 7.83. The molecule has 4 rings (SSSR count). The average Bonchev–Trinajstić information content (AvgIpc) is 2.96. The molecule has 0 atom stereocenters. The van der Waals surface area contributed by atoms with Crippen molar-refractivity contribution in [3.05, 3.63) is 41.3 Å². The van der Waals surface area contributed by atoms with Gasteiger partial charge in [-0.25, -0.2) is 14.6 Å². The number of anilines is 1. The van der Waals surface area contributed by atoms with Gasteiger partial charge in [-0.1, -0.05) is 17.7 Å². The van der Waals surface area contributed by atoms with Crippen LogP contribution >= 0.6 is 0 Å². The lowest BCUT2D eigenvalue weighted by Crippen LogP contribution is -2.37. The van der Waals surface area contributed by atoms with Gasteiger partial charge in [-0.3, -0.25) is 4.79 Å². The zero-order valence-electron chi connectivity index (χ0n) is 18.1. The molecule has 3 aromatic rings. The number of fused-ring (bicyclic) bond motifs is 1. The van der Waals surface area contributed by atoms with E-state index in [4.69, 9.17) is 14.7 Å². The van der Waals surface area contributed by atoms with Gasteiger partial charge in [-0.05, 0) is 38.8 Å². The molecule has 0 unspecified atom stereocenters. The molecule has 1 amide bonds. The summed E-state index contributed by atoms with van der Waals surface area (Å²) in [6, 6.07) is 6.32. The van der Waals surface area contributed by atoms with Crippen molar-refractivity contribution in [2.24, 2.45) is 0 Å². The van der Waals surface area contributed by atoms with E-state index in [1.54, 1.807) is 7.11 Å². The molecule has 0 spiro atoms. The third-order valence-electron chi connectivity index (χ3n) is 5.52. The van der Waals surface area contributed by atoms with E-state index in [0.717, 1.165) is 54.2 Å². The molecule has 1 aliphatic heterocycles. The minimum atomic E-state index is 0.0334. The Bertz CT molecular complexity index is 1080.